The van der Waals surface area contributed by atoms with Gasteiger partial charge in [0.1, 0.15) is 0 Å². The Bertz CT molecular complexity index is 840. The lowest BCUT2D eigenvalue weighted by Crippen LogP contribution is -2.46. The fourth-order valence-electron chi connectivity index (χ4n) is 4.85. The molecule has 0 atom stereocenters. The monoisotopic (exact) mass is 411 g/mol. The zero-order chi connectivity index (χ0) is 20.3. The maximum Gasteiger partial charge on any atom is 0.235 e. The molecule has 29 heavy (non-hydrogen) atoms. The Labute approximate surface area is 178 Å². The van der Waals surface area contributed by atoms with Gasteiger partial charge in [0.25, 0.3) is 0 Å². The number of nitrogens with one attached hydrogen (secondary N) is 1. The molecule has 0 unspecified atom stereocenters. The van der Waals surface area contributed by atoms with Gasteiger partial charge in [-0.25, -0.2) is 0 Å². The second-order valence-corrected chi connectivity index (χ2v) is 8.57. The first-order chi connectivity index (χ1) is 14.1. The van der Waals surface area contributed by atoms with E-state index in [0.29, 0.717) is 5.02 Å². The van der Waals surface area contributed by atoms with Crippen LogP contribution in [0.5, 0.6) is 0 Å². The van der Waals surface area contributed by atoms with E-state index in [4.69, 9.17) is 11.6 Å². The van der Waals surface area contributed by atoms with Gasteiger partial charge in [-0.1, -0.05) is 67.8 Å². The van der Waals surface area contributed by atoms with Gasteiger partial charge < -0.3 is 15.1 Å². The molecule has 4 nitrogen and oxygen atoms in total. The summed E-state index contributed by atoms with van der Waals surface area (Å²) in [5, 5.41) is 3.98. The number of amides is 1. The largest absolute Gasteiger partial charge is 0.366 e. The smallest absolute Gasteiger partial charge is 0.235 e. The first-order valence-electron chi connectivity index (χ1n) is 10.8. The van der Waals surface area contributed by atoms with Crippen LogP contribution >= 0.6 is 11.6 Å². The molecular formula is C24H30ClN3O. The predicted octanol–water partition coefficient (Wildman–Crippen LogP) is 4.93. The molecule has 2 aliphatic rings. The lowest BCUT2D eigenvalue weighted by atomic mass is 9.78. The molecule has 2 aromatic carbocycles. The van der Waals surface area contributed by atoms with E-state index in [0.717, 1.165) is 75.3 Å². The Morgan fingerprint density at radius 3 is 2.34 bits per heavy atom. The number of nitrogens with zero attached hydrogens (tertiary/aromatic N) is 2. The highest BCUT2D eigenvalue weighted by Crippen LogP contribution is 2.43. The quantitative estimate of drug-likeness (QED) is 0.757. The number of halogens is 1. The van der Waals surface area contributed by atoms with E-state index in [1.54, 1.807) is 0 Å². The molecule has 1 amide bonds. The van der Waals surface area contributed by atoms with Crippen LogP contribution in [0.25, 0.3) is 0 Å². The second-order valence-electron chi connectivity index (χ2n) is 8.17. The van der Waals surface area contributed by atoms with E-state index in [1.807, 2.05) is 36.4 Å². The Kier molecular flexibility index (Phi) is 6.12. The van der Waals surface area contributed by atoms with Crippen molar-refractivity contribution in [3.8, 4) is 0 Å². The molecule has 0 radical (unpaired) electrons. The average molecular weight is 412 g/mol. The standard InChI is InChI=1S/C24H30ClN3O/c1-2-27-15-17-28(18-16-27)22-20(25)11-8-12-21(22)26-23(29)24(13-6-7-14-24)19-9-4-3-5-10-19/h3-5,8-12H,2,6-7,13-18H2,1H3,(H,26,29). The summed E-state index contributed by atoms with van der Waals surface area (Å²) in [7, 11) is 0. The van der Waals surface area contributed by atoms with Gasteiger partial charge in [0, 0.05) is 26.2 Å². The Hall–Kier alpha value is -2.04. The molecule has 5 heteroatoms. The van der Waals surface area contributed by atoms with Gasteiger partial charge in [0.15, 0.2) is 0 Å². The third kappa shape index (κ3) is 4.01. The molecule has 1 aliphatic heterocycles. The van der Waals surface area contributed by atoms with Gasteiger partial charge in [-0.2, -0.15) is 0 Å². The lowest BCUT2D eigenvalue weighted by Gasteiger charge is -2.37. The first kappa shape index (κ1) is 20.2. The van der Waals surface area contributed by atoms with E-state index < -0.39 is 5.41 Å². The lowest BCUT2D eigenvalue weighted by molar-refractivity contribution is -0.121. The SMILES string of the molecule is CCN1CCN(c2c(Cl)cccc2NC(=O)C2(c3ccccc3)CCCC2)CC1. The number of likely N-dealkylation sites (N-methyl/N-ethyl adjacent to an activating group) is 1. The molecule has 154 valence electrons. The number of carbonyl (C=O) groups is 1. The zero-order valence-corrected chi connectivity index (χ0v) is 17.9. The fraction of sp³-hybridized carbons (Fsp3) is 0.458. The molecule has 1 N–H and O–H groups in total. The highest BCUT2D eigenvalue weighted by atomic mass is 35.5. The predicted molar refractivity (Wildman–Crippen MR) is 121 cm³/mol. The summed E-state index contributed by atoms with van der Waals surface area (Å²) in [6.45, 7) is 7.14. The minimum absolute atomic E-state index is 0.0944. The zero-order valence-electron chi connectivity index (χ0n) is 17.2. The maximum atomic E-state index is 13.6. The summed E-state index contributed by atoms with van der Waals surface area (Å²) in [5.41, 5.74) is 2.46. The van der Waals surface area contributed by atoms with Crippen molar-refractivity contribution >= 4 is 28.9 Å². The number of anilines is 2. The van der Waals surface area contributed by atoms with Crippen molar-refractivity contribution in [2.75, 3.05) is 42.9 Å². The van der Waals surface area contributed by atoms with Crippen molar-refractivity contribution in [2.45, 2.75) is 38.0 Å². The van der Waals surface area contributed by atoms with Crippen LogP contribution in [0.3, 0.4) is 0 Å². The van der Waals surface area contributed by atoms with Gasteiger partial charge in [-0.05, 0) is 37.1 Å². The van der Waals surface area contributed by atoms with Gasteiger partial charge in [0.05, 0.1) is 21.8 Å². The van der Waals surface area contributed by atoms with E-state index in [-0.39, 0.29) is 5.91 Å². The van der Waals surface area contributed by atoms with E-state index in [9.17, 15) is 4.79 Å². The van der Waals surface area contributed by atoms with Crippen LogP contribution in [0.2, 0.25) is 5.02 Å². The highest BCUT2D eigenvalue weighted by molar-refractivity contribution is 6.34. The summed E-state index contributed by atoms with van der Waals surface area (Å²) in [6, 6.07) is 16.1. The number of rotatable bonds is 5. The number of benzene rings is 2. The molecule has 0 bridgehead atoms. The third-order valence-electron chi connectivity index (χ3n) is 6.59. The summed E-state index contributed by atoms with van der Waals surface area (Å²) in [6.07, 6.45) is 3.97. The molecular weight excluding hydrogens is 382 g/mol. The van der Waals surface area contributed by atoms with E-state index >= 15 is 0 Å². The van der Waals surface area contributed by atoms with Crippen LogP contribution in [-0.2, 0) is 10.2 Å². The third-order valence-corrected chi connectivity index (χ3v) is 6.89. The van der Waals surface area contributed by atoms with E-state index in [1.165, 1.54) is 0 Å². The molecule has 0 spiro atoms. The fourth-order valence-corrected chi connectivity index (χ4v) is 5.14. The molecule has 1 saturated carbocycles. The maximum absolute atomic E-state index is 13.6. The molecule has 0 aromatic heterocycles. The van der Waals surface area contributed by atoms with Crippen molar-refractivity contribution in [1.29, 1.82) is 0 Å². The number of para-hydroxylation sites is 1. The number of piperazine rings is 1. The minimum atomic E-state index is -0.443. The number of hydrogen-bond acceptors (Lipinski definition) is 3. The van der Waals surface area contributed by atoms with Crippen molar-refractivity contribution in [2.24, 2.45) is 0 Å². The Morgan fingerprint density at radius 2 is 1.69 bits per heavy atom. The van der Waals surface area contributed by atoms with E-state index in [2.05, 4.69) is 34.2 Å². The van der Waals surface area contributed by atoms with Crippen molar-refractivity contribution < 1.29 is 4.79 Å². The van der Waals surface area contributed by atoms with Crippen molar-refractivity contribution in [3.63, 3.8) is 0 Å². The van der Waals surface area contributed by atoms with Gasteiger partial charge in [-0.3, -0.25) is 4.79 Å². The summed E-state index contributed by atoms with van der Waals surface area (Å²) in [4.78, 5) is 18.4. The van der Waals surface area contributed by atoms with Crippen LogP contribution in [0.4, 0.5) is 11.4 Å². The van der Waals surface area contributed by atoms with Crippen LogP contribution in [0, 0.1) is 0 Å². The molecule has 1 aliphatic carbocycles. The normalized spacial score (nSPS) is 19.3. The van der Waals surface area contributed by atoms with Crippen molar-refractivity contribution in [1.82, 2.24) is 4.90 Å². The Morgan fingerprint density at radius 1 is 1.00 bits per heavy atom. The van der Waals surface area contributed by atoms with Crippen LogP contribution in [0.1, 0.15) is 38.2 Å². The number of carbonyl (C=O) groups excluding carboxylic acids is 1. The highest BCUT2D eigenvalue weighted by Gasteiger charge is 2.43. The van der Waals surface area contributed by atoms with Crippen LogP contribution < -0.4 is 10.2 Å². The molecule has 1 heterocycles. The Balaban J connectivity index is 1.61. The summed E-state index contributed by atoms with van der Waals surface area (Å²) in [5.74, 6) is 0.0944. The van der Waals surface area contributed by atoms with Gasteiger partial charge >= 0.3 is 0 Å². The number of hydrogen-bond donors (Lipinski definition) is 1. The molecule has 2 aromatic rings. The van der Waals surface area contributed by atoms with Crippen molar-refractivity contribution in [3.05, 3.63) is 59.1 Å². The topological polar surface area (TPSA) is 35.6 Å². The molecule has 4 rings (SSSR count). The summed E-state index contributed by atoms with van der Waals surface area (Å²) >= 11 is 6.62. The van der Waals surface area contributed by atoms with Gasteiger partial charge in [0.2, 0.25) is 5.91 Å². The minimum Gasteiger partial charge on any atom is -0.366 e. The van der Waals surface area contributed by atoms with Crippen LogP contribution in [0.15, 0.2) is 48.5 Å². The molecule has 1 saturated heterocycles. The first-order valence-corrected chi connectivity index (χ1v) is 11.1. The van der Waals surface area contributed by atoms with Crippen LogP contribution in [-0.4, -0.2) is 43.5 Å². The second kappa shape index (κ2) is 8.76. The average Bonchev–Trinajstić information content (AvgIpc) is 3.26. The van der Waals surface area contributed by atoms with Gasteiger partial charge in [-0.15, -0.1) is 0 Å². The summed E-state index contributed by atoms with van der Waals surface area (Å²) < 4.78 is 0. The molecule has 2 fully saturated rings.